The van der Waals surface area contributed by atoms with E-state index in [1.807, 2.05) is 0 Å². The fourth-order valence-corrected chi connectivity index (χ4v) is 1.97. The summed E-state index contributed by atoms with van der Waals surface area (Å²) in [6.45, 7) is 2.15. The second-order valence-corrected chi connectivity index (χ2v) is 5.29. The summed E-state index contributed by atoms with van der Waals surface area (Å²) < 4.78 is 4.88. The molecule has 0 spiro atoms. The van der Waals surface area contributed by atoms with Gasteiger partial charge in [0.15, 0.2) is 4.99 Å². The van der Waals surface area contributed by atoms with Crippen LogP contribution < -0.4 is 10.6 Å². The third-order valence-corrected chi connectivity index (χ3v) is 3.29. The molecule has 0 heterocycles. The number of ether oxygens (including phenoxy) is 1. The molecule has 5 nitrogen and oxygen atoms in total. The zero-order chi connectivity index (χ0) is 15.2. The average molecular weight is 306 g/mol. The first-order chi connectivity index (χ1) is 10.1. The maximum Gasteiger partial charge on any atom is 0.310 e. The first kappa shape index (κ1) is 15.4. The van der Waals surface area contributed by atoms with E-state index < -0.39 is 0 Å². The minimum atomic E-state index is -0.310. The van der Waals surface area contributed by atoms with Gasteiger partial charge < -0.3 is 15.4 Å². The first-order valence-corrected chi connectivity index (χ1v) is 7.35. The van der Waals surface area contributed by atoms with E-state index in [4.69, 9.17) is 17.0 Å². The van der Waals surface area contributed by atoms with Gasteiger partial charge in [0.25, 0.3) is 5.91 Å². The number of amides is 1. The number of nitrogens with one attached hydrogen (secondary N) is 2. The molecule has 0 bridgehead atoms. The summed E-state index contributed by atoms with van der Waals surface area (Å²) in [5, 5.41) is 5.71. The Morgan fingerprint density at radius 3 is 2.52 bits per heavy atom. The highest BCUT2D eigenvalue weighted by Crippen LogP contribution is 2.18. The maximum atomic E-state index is 11.8. The van der Waals surface area contributed by atoms with Gasteiger partial charge in [-0.05, 0) is 37.5 Å². The highest BCUT2D eigenvalue weighted by atomic mass is 32.1. The van der Waals surface area contributed by atoms with E-state index in [1.165, 1.54) is 0 Å². The van der Waals surface area contributed by atoms with Crippen LogP contribution in [0.1, 0.15) is 25.3 Å². The normalized spacial score (nSPS) is 13.4. The van der Waals surface area contributed by atoms with E-state index in [9.17, 15) is 9.59 Å². The van der Waals surface area contributed by atoms with Crippen molar-refractivity contribution >= 4 is 34.8 Å². The number of rotatable bonds is 5. The second-order valence-electron chi connectivity index (χ2n) is 4.88. The van der Waals surface area contributed by atoms with Crippen molar-refractivity contribution in [1.29, 1.82) is 0 Å². The lowest BCUT2D eigenvalue weighted by Crippen LogP contribution is -2.35. The van der Waals surface area contributed by atoms with Crippen LogP contribution in [0.5, 0.6) is 0 Å². The van der Waals surface area contributed by atoms with E-state index in [0.29, 0.717) is 18.3 Å². The highest BCUT2D eigenvalue weighted by molar-refractivity contribution is 7.82. The average Bonchev–Trinajstić information content (AvgIpc) is 3.25. The van der Waals surface area contributed by atoms with Crippen LogP contribution in [0.2, 0.25) is 0 Å². The van der Waals surface area contributed by atoms with Gasteiger partial charge in [0.1, 0.15) is 0 Å². The SMILES string of the molecule is CCOC(=O)Cc1ccc(NC(=O)C(=S)NC2CC2)cc1. The molecule has 0 aromatic heterocycles. The van der Waals surface area contributed by atoms with E-state index >= 15 is 0 Å². The predicted molar refractivity (Wildman–Crippen MR) is 84.2 cm³/mol. The molecule has 1 saturated carbocycles. The standard InChI is InChI=1S/C15H18N2O3S/c1-2-20-13(18)9-10-3-5-11(6-4-10)16-14(19)15(21)17-12-7-8-12/h3-6,12H,2,7-9H2,1H3,(H,16,19)(H,17,21). The number of thiocarbonyl (C=S) groups is 1. The van der Waals surface area contributed by atoms with E-state index in [-0.39, 0.29) is 23.3 Å². The molecule has 1 aromatic rings. The van der Waals surface area contributed by atoms with Crippen LogP contribution in [-0.2, 0) is 20.7 Å². The summed E-state index contributed by atoms with van der Waals surface area (Å²) in [5.74, 6) is -0.570. The molecule has 2 rings (SSSR count). The Bertz CT molecular complexity index is 538. The number of benzene rings is 1. The molecular weight excluding hydrogens is 288 g/mol. The molecule has 1 fully saturated rings. The summed E-state index contributed by atoms with van der Waals surface area (Å²) in [4.78, 5) is 23.4. The molecule has 0 saturated heterocycles. The molecule has 0 radical (unpaired) electrons. The smallest absolute Gasteiger partial charge is 0.310 e. The minimum Gasteiger partial charge on any atom is -0.466 e. The summed E-state index contributed by atoms with van der Waals surface area (Å²) in [7, 11) is 0. The van der Waals surface area contributed by atoms with Gasteiger partial charge in [0, 0.05) is 11.7 Å². The van der Waals surface area contributed by atoms with Gasteiger partial charge in [0.2, 0.25) is 0 Å². The Balaban J connectivity index is 1.85. The fourth-order valence-electron chi connectivity index (χ4n) is 1.75. The molecule has 6 heteroatoms. The zero-order valence-corrected chi connectivity index (χ0v) is 12.7. The lowest BCUT2D eigenvalue weighted by molar-refractivity contribution is -0.142. The lowest BCUT2D eigenvalue weighted by Gasteiger charge is -2.08. The molecule has 112 valence electrons. The quantitative estimate of drug-likeness (QED) is 0.641. The van der Waals surface area contributed by atoms with Crippen molar-refractivity contribution in [3.8, 4) is 0 Å². The van der Waals surface area contributed by atoms with Crippen molar-refractivity contribution in [3.05, 3.63) is 29.8 Å². The van der Waals surface area contributed by atoms with Crippen LogP contribution in [0.25, 0.3) is 0 Å². The molecule has 0 atom stereocenters. The second kappa shape index (κ2) is 7.17. The van der Waals surface area contributed by atoms with Crippen molar-refractivity contribution in [1.82, 2.24) is 5.32 Å². The van der Waals surface area contributed by atoms with E-state index in [1.54, 1.807) is 31.2 Å². The topological polar surface area (TPSA) is 67.4 Å². The van der Waals surface area contributed by atoms with Crippen LogP contribution >= 0.6 is 12.2 Å². The minimum absolute atomic E-state index is 0.216. The Morgan fingerprint density at radius 2 is 1.95 bits per heavy atom. The van der Waals surface area contributed by atoms with E-state index in [2.05, 4.69) is 10.6 Å². The van der Waals surface area contributed by atoms with E-state index in [0.717, 1.165) is 18.4 Å². The number of hydrogen-bond donors (Lipinski definition) is 2. The van der Waals surface area contributed by atoms with Gasteiger partial charge in [-0.2, -0.15) is 0 Å². The maximum absolute atomic E-state index is 11.8. The van der Waals surface area contributed by atoms with Crippen LogP contribution in [0.3, 0.4) is 0 Å². The van der Waals surface area contributed by atoms with Crippen LogP contribution in [-0.4, -0.2) is 29.5 Å². The predicted octanol–water partition coefficient (Wildman–Crippen LogP) is 1.81. The van der Waals surface area contributed by atoms with Gasteiger partial charge in [-0.1, -0.05) is 24.4 Å². The van der Waals surface area contributed by atoms with Gasteiger partial charge >= 0.3 is 5.97 Å². The summed E-state index contributed by atoms with van der Waals surface area (Å²) >= 11 is 5.02. The summed E-state index contributed by atoms with van der Waals surface area (Å²) in [5.41, 5.74) is 1.48. The molecule has 0 aliphatic heterocycles. The monoisotopic (exact) mass is 306 g/mol. The Morgan fingerprint density at radius 1 is 1.29 bits per heavy atom. The van der Waals surface area contributed by atoms with Crippen molar-refractivity contribution in [3.63, 3.8) is 0 Å². The zero-order valence-electron chi connectivity index (χ0n) is 11.8. The molecule has 1 aliphatic rings. The highest BCUT2D eigenvalue weighted by Gasteiger charge is 2.24. The van der Waals surface area contributed by atoms with Crippen LogP contribution in [0, 0.1) is 0 Å². The lowest BCUT2D eigenvalue weighted by atomic mass is 10.1. The number of hydrogen-bond acceptors (Lipinski definition) is 4. The molecule has 0 unspecified atom stereocenters. The summed E-state index contributed by atoms with van der Waals surface area (Å²) in [6.07, 6.45) is 2.36. The number of esters is 1. The van der Waals surface area contributed by atoms with Crippen molar-refractivity contribution < 1.29 is 14.3 Å². The largest absolute Gasteiger partial charge is 0.466 e. The van der Waals surface area contributed by atoms with Crippen LogP contribution in [0.15, 0.2) is 24.3 Å². The van der Waals surface area contributed by atoms with Crippen molar-refractivity contribution in [2.45, 2.75) is 32.2 Å². The van der Waals surface area contributed by atoms with Gasteiger partial charge in [-0.15, -0.1) is 0 Å². The van der Waals surface area contributed by atoms with Crippen molar-refractivity contribution in [2.75, 3.05) is 11.9 Å². The van der Waals surface area contributed by atoms with Crippen LogP contribution in [0.4, 0.5) is 5.69 Å². The number of anilines is 1. The molecule has 1 aliphatic carbocycles. The molecule has 2 N–H and O–H groups in total. The summed E-state index contributed by atoms with van der Waals surface area (Å²) in [6, 6.07) is 7.40. The Labute approximate surface area is 129 Å². The van der Waals surface area contributed by atoms with Gasteiger partial charge in [0.05, 0.1) is 13.0 Å². The molecule has 1 aromatic carbocycles. The number of carbonyl (C=O) groups is 2. The van der Waals surface area contributed by atoms with Gasteiger partial charge in [-0.25, -0.2) is 0 Å². The first-order valence-electron chi connectivity index (χ1n) is 6.95. The Hall–Kier alpha value is -1.95. The number of carbonyl (C=O) groups excluding carboxylic acids is 2. The fraction of sp³-hybridized carbons (Fsp3) is 0.400. The van der Waals surface area contributed by atoms with Gasteiger partial charge in [-0.3, -0.25) is 9.59 Å². The van der Waals surface area contributed by atoms with Crippen molar-refractivity contribution in [2.24, 2.45) is 0 Å². The third-order valence-electron chi connectivity index (χ3n) is 2.98. The third kappa shape index (κ3) is 5.15. The molecule has 21 heavy (non-hydrogen) atoms. The molecular formula is C15H18N2O3S. The molecule has 1 amide bonds. The Kier molecular flexibility index (Phi) is 5.27.